The molecule has 0 fully saturated rings. The average Bonchev–Trinajstić information content (AvgIpc) is 2.97. The van der Waals surface area contributed by atoms with Crippen LogP contribution in [0.25, 0.3) is 11.0 Å². The molecule has 0 unspecified atom stereocenters. The van der Waals surface area contributed by atoms with Crippen LogP contribution < -0.4 is 11.2 Å². The Morgan fingerprint density at radius 1 is 1.04 bits per heavy atom. The monoisotopic (exact) mass is 398 g/mol. The van der Waals surface area contributed by atoms with Gasteiger partial charge in [-0.15, -0.1) is 5.10 Å². The highest BCUT2D eigenvalue weighted by Gasteiger charge is 2.21. The van der Waals surface area contributed by atoms with E-state index in [-0.39, 0.29) is 15.9 Å². The fourth-order valence-electron chi connectivity index (χ4n) is 2.16. The molecule has 1 aromatic carbocycles. The Labute approximate surface area is 138 Å². The zero-order chi connectivity index (χ0) is 16.9. The molecule has 0 saturated heterocycles. The van der Waals surface area contributed by atoms with Gasteiger partial charge in [0, 0.05) is 18.6 Å². The first-order valence-corrected chi connectivity index (χ1v) is 8.63. The van der Waals surface area contributed by atoms with Gasteiger partial charge in [-0.25, -0.2) is 4.79 Å². The second-order valence-electron chi connectivity index (χ2n) is 4.90. The van der Waals surface area contributed by atoms with E-state index in [9.17, 15) is 18.0 Å². The van der Waals surface area contributed by atoms with E-state index < -0.39 is 21.3 Å². The fourth-order valence-corrected chi connectivity index (χ4v) is 3.55. The zero-order valence-electron chi connectivity index (χ0n) is 12.1. The van der Waals surface area contributed by atoms with Crippen molar-refractivity contribution in [2.45, 2.75) is 4.90 Å². The van der Waals surface area contributed by atoms with E-state index in [1.165, 1.54) is 26.2 Å². The van der Waals surface area contributed by atoms with Gasteiger partial charge in [-0.2, -0.15) is 12.5 Å². The van der Waals surface area contributed by atoms with E-state index in [1.807, 2.05) is 0 Å². The Balaban J connectivity index is 2.32. The summed E-state index contributed by atoms with van der Waals surface area (Å²) in [5.41, 5.74) is -1.16. The third kappa shape index (κ3) is 2.34. The predicted molar refractivity (Wildman–Crippen MR) is 86.9 cm³/mol. The van der Waals surface area contributed by atoms with Crippen LogP contribution in [0.2, 0.25) is 0 Å². The van der Waals surface area contributed by atoms with Crippen LogP contribution in [0.1, 0.15) is 0 Å². The molecule has 10 heteroatoms. The lowest BCUT2D eigenvalue weighted by atomic mass is 10.4. The minimum atomic E-state index is -3.96. The first-order valence-electron chi connectivity index (χ1n) is 6.40. The van der Waals surface area contributed by atoms with Crippen molar-refractivity contribution in [3.8, 4) is 0 Å². The third-order valence-corrected chi connectivity index (χ3v) is 5.53. The molecule has 0 radical (unpaired) electrons. The Morgan fingerprint density at radius 3 is 2.26 bits per heavy atom. The predicted octanol–water partition coefficient (Wildman–Crippen LogP) is 0.433. The van der Waals surface area contributed by atoms with E-state index in [0.717, 1.165) is 19.8 Å². The van der Waals surface area contributed by atoms with Crippen LogP contribution in [0, 0.1) is 0 Å². The average molecular weight is 399 g/mol. The maximum absolute atomic E-state index is 12.6. The Morgan fingerprint density at radius 2 is 1.65 bits per heavy atom. The molecule has 0 aliphatic rings. The summed E-state index contributed by atoms with van der Waals surface area (Å²) in [6.07, 6.45) is 1.12. The van der Waals surface area contributed by atoms with Gasteiger partial charge >= 0.3 is 5.69 Å². The topological polar surface area (TPSA) is 96.0 Å². The molecule has 23 heavy (non-hydrogen) atoms. The van der Waals surface area contributed by atoms with Crippen molar-refractivity contribution in [1.82, 2.24) is 18.3 Å². The van der Waals surface area contributed by atoms with E-state index in [4.69, 9.17) is 0 Å². The molecule has 3 aromatic rings. The summed E-state index contributed by atoms with van der Waals surface area (Å²) in [5, 5.41) is 3.96. The molecule has 0 bridgehead atoms. The summed E-state index contributed by atoms with van der Waals surface area (Å²) in [6, 6.07) is 6.02. The molecule has 0 saturated carbocycles. The molecular weight excluding hydrogens is 388 g/mol. The van der Waals surface area contributed by atoms with Crippen LogP contribution in [0.5, 0.6) is 0 Å². The van der Waals surface area contributed by atoms with E-state index in [2.05, 4.69) is 21.0 Å². The van der Waals surface area contributed by atoms with Gasteiger partial charge in [0.25, 0.3) is 15.6 Å². The summed E-state index contributed by atoms with van der Waals surface area (Å²) >= 11 is 3.23. The number of aryl methyl sites for hydroxylation is 1. The summed E-state index contributed by atoms with van der Waals surface area (Å²) in [5.74, 6) is 0. The molecule has 0 spiro atoms. The summed E-state index contributed by atoms with van der Waals surface area (Å²) in [6.45, 7) is 0. The normalized spacial score (nSPS) is 12.0. The van der Waals surface area contributed by atoms with Crippen molar-refractivity contribution in [2.24, 2.45) is 14.1 Å². The van der Waals surface area contributed by atoms with Gasteiger partial charge in [0.1, 0.15) is 5.39 Å². The van der Waals surface area contributed by atoms with Crippen molar-refractivity contribution in [1.29, 1.82) is 0 Å². The van der Waals surface area contributed by atoms with Crippen LogP contribution >= 0.6 is 15.9 Å². The van der Waals surface area contributed by atoms with Gasteiger partial charge in [0.2, 0.25) is 0 Å². The van der Waals surface area contributed by atoms with Gasteiger partial charge in [0.05, 0.1) is 11.1 Å². The van der Waals surface area contributed by atoms with Crippen molar-refractivity contribution in [3.05, 3.63) is 55.8 Å². The summed E-state index contributed by atoms with van der Waals surface area (Å²) in [4.78, 5) is 24.0. The molecule has 120 valence electrons. The quantitative estimate of drug-likeness (QED) is 0.623. The molecule has 2 aromatic heterocycles. The molecule has 2 heterocycles. The number of aromatic nitrogens is 4. The molecule has 0 atom stereocenters. The van der Waals surface area contributed by atoms with E-state index in [0.29, 0.717) is 4.09 Å². The number of benzene rings is 1. The summed E-state index contributed by atoms with van der Waals surface area (Å²) < 4.78 is 28.7. The standard InChI is InChI=1S/C13H11BrN4O4S/c1-16-11-10(12(19)17(2)13(16)20)7-18(15-11)23(21,22)9-5-3-8(14)4-6-9/h3-7H,1-2H3. The Kier molecular flexibility index (Phi) is 3.52. The third-order valence-electron chi connectivity index (χ3n) is 3.46. The molecule has 0 aliphatic heterocycles. The van der Waals surface area contributed by atoms with Crippen molar-refractivity contribution in [3.63, 3.8) is 0 Å². The minimum Gasteiger partial charge on any atom is -0.279 e. The highest BCUT2D eigenvalue weighted by atomic mass is 79.9. The zero-order valence-corrected chi connectivity index (χ0v) is 14.5. The second kappa shape index (κ2) is 5.17. The highest BCUT2D eigenvalue weighted by molar-refractivity contribution is 9.10. The van der Waals surface area contributed by atoms with Crippen LogP contribution in [0.3, 0.4) is 0 Å². The molecule has 8 nitrogen and oxygen atoms in total. The number of halogens is 1. The largest absolute Gasteiger partial charge is 0.332 e. The Hall–Kier alpha value is -2.20. The van der Waals surface area contributed by atoms with Crippen molar-refractivity contribution < 1.29 is 8.42 Å². The first-order chi connectivity index (χ1) is 10.7. The molecule has 3 rings (SSSR count). The van der Waals surface area contributed by atoms with Gasteiger partial charge in [-0.05, 0) is 24.3 Å². The van der Waals surface area contributed by atoms with Crippen LogP contribution in [0.4, 0.5) is 0 Å². The molecule has 0 amide bonds. The van der Waals surface area contributed by atoms with Crippen LogP contribution in [-0.4, -0.2) is 26.7 Å². The lowest BCUT2D eigenvalue weighted by molar-refractivity contribution is 0.580. The van der Waals surface area contributed by atoms with Gasteiger partial charge in [0.15, 0.2) is 5.65 Å². The second-order valence-corrected chi connectivity index (χ2v) is 7.61. The SMILES string of the molecule is Cn1c(=O)c2cn(S(=O)(=O)c3ccc(Br)cc3)nc2n(C)c1=O. The first kappa shape index (κ1) is 15.7. The lowest BCUT2D eigenvalue weighted by Crippen LogP contribution is -2.36. The van der Waals surface area contributed by atoms with Crippen molar-refractivity contribution in [2.75, 3.05) is 0 Å². The number of hydrogen-bond acceptors (Lipinski definition) is 5. The Bertz CT molecular complexity index is 1140. The number of hydrogen-bond donors (Lipinski definition) is 0. The number of fused-ring (bicyclic) bond motifs is 1. The van der Waals surface area contributed by atoms with Crippen molar-refractivity contribution >= 4 is 37.0 Å². The maximum Gasteiger partial charge on any atom is 0.332 e. The smallest absolute Gasteiger partial charge is 0.279 e. The lowest BCUT2D eigenvalue weighted by Gasteiger charge is -2.03. The molecular formula is C13H11BrN4O4S. The van der Waals surface area contributed by atoms with Gasteiger partial charge in [-0.1, -0.05) is 15.9 Å². The van der Waals surface area contributed by atoms with Crippen LogP contribution in [0.15, 0.2) is 49.4 Å². The number of nitrogens with zero attached hydrogens (tertiary/aromatic N) is 4. The van der Waals surface area contributed by atoms with E-state index >= 15 is 0 Å². The van der Waals surface area contributed by atoms with Gasteiger partial charge < -0.3 is 0 Å². The maximum atomic E-state index is 12.6. The summed E-state index contributed by atoms with van der Waals surface area (Å²) in [7, 11) is -1.21. The molecule has 0 aliphatic carbocycles. The fraction of sp³-hybridized carbons (Fsp3) is 0.154. The minimum absolute atomic E-state index is 0.0128. The van der Waals surface area contributed by atoms with E-state index in [1.54, 1.807) is 12.1 Å². The van der Waals surface area contributed by atoms with Gasteiger partial charge in [-0.3, -0.25) is 13.9 Å². The highest BCUT2D eigenvalue weighted by Crippen LogP contribution is 2.18. The van der Waals surface area contributed by atoms with Crippen LogP contribution in [-0.2, 0) is 24.1 Å². The number of rotatable bonds is 2. The molecule has 0 N–H and O–H groups in total.